The highest BCUT2D eigenvalue weighted by Gasteiger charge is 2.31. The maximum atomic E-state index is 11.7. The summed E-state index contributed by atoms with van der Waals surface area (Å²) in [6, 6.07) is -0.307. The Bertz CT molecular complexity index is 304. The van der Waals surface area contributed by atoms with Crippen molar-refractivity contribution in [3.05, 3.63) is 0 Å². The Labute approximate surface area is 101 Å². The molecule has 1 aliphatic heterocycles. The van der Waals surface area contributed by atoms with Gasteiger partial charge in [-0.2, -0.15) is 0 Å². The smallest absolute Gasteiger partial charge is 0.317 e. The molecular formula is C11H20N2O4. The molecular weight excluding hydrogens is 224 g/mol. The van der Waals surface area contributed by atoms with Crippen LogP contribution >= 0.6 is 0 Å². The van der Waals surface area contributed by atoms with Crippen molar-refractivity contribution in [3.63, 3.8) is 0 Å². The van der Waals surface area contributed by atoms with Gasteiger partial charge in [0.15, 0.2) is 0 Å². The van der Waals surface area contributed by atoms with Gasteiger partial charge in [-0.15, -0.1) is 0 Å². The van der Waals surface area contributed by atoms with E-state index in [0.29, 0.717) is 19.5 Å². The molecule has 0 spiro atoms. The van der Waals surface area contributed by atoms with Crippen LogP contribution in [0.1, 0.15) is 26.7 Å². The lowest BCUT2D eigenvalue weighted by atomic mass is 9.95. The third-order valence-electron chi connectivity index (χ3n) is 2.94. The van der Waals surface area contributed by atoms with Crippen LogP contribution in [0.4, 0.5) is 4.79 Å². The molecule has 2 unspecified atom stereocenters. The molecule has 17 heavy (non-hydrogen) atoms. The Hall–Kier alpha value is -1.30. The first-order chi connectivity index (χ1) is 7.82. The van der Waals surface area contributed by atoms with Crippen LogP contribution in [0.15, 0.2) is 0 Å². The fraction of sp³-hybridized carbons (Fsp3) is 0.818. The van der Waals surface area contributed by atoms with Gasteiger partial charge in [-0.25, -0.2) is 4.79 Å². The lowest BCUT2D eigenvalue weighted by Gasteiger charge is -2.36. The normalized spacial score (nSPS) is 26.4. The van der Waals surface area contributed by atoms with Gasteiger partial charge in [-0.1, -0.05) is 6.92 Å². The second-order valence-electron chi connectivity index (χ2n) is 4.95. The van der Waals surface area contributed by atoms with E-state index < -0.39 is 17.5 Å². The number of nitrogens with one attached hydrogen (secondary N) is 1. The number of hydrogen-bond donors (Lipinski definition) is 3. The molecule has 1 fully saturated rings. The lowest BCUT2D eigenvalue weighted by Crippen LogP contribution is -2.52. The zero-order chi connectivity index (χ0) is 13.1. The molecule has 1 saturated heterocycles. The van der Waals surface area contributed by atoms with Gasteiger partial charge in [0, 0.05) is 13.1 Å². The number of carbonyl (C=O) groups is 2. The van der Waals surface area contributed by atoms with E-state index in [4.69, 9.17) is 5.11 Å². The quantitative estimate of drug-likeness (QED) is 0.664. The van der Waals surface area contributed by atoms with Crippen LogP contribution in [0.25, 0.3) is 0 Å². The fourth-order valence-corrected chi connectivity index (χ4v) is 1.83. The van der Waals surface area contributed by atoms with Crippen molar-refractivity contribution in [2.45, 2.75) is 32.3 Å². The molecule has 6 nitrogen and oxygen atoms in total. The molecule has 0 aromatic rings. The summed E-state index contributed by atoms with van der Waals surface area (Å²) in [6.07, 6.45) is 1.44. The molecule has 2 amide bonds. The molecule has 2 atom stereocenters. The summed E-state index contributed by atoms with van der Waals surface area (Å²) in [4.78, 5) is 23.8. The number of aliphatic carboxylic acids is 1. The van der Waals surface area contributed by atoms with E-state index in [9.17, 15) is 14.7 Å². The van der Waals surface area contributed by atoms with Crippen LogP contribution in [0, 0.1) is 5.92 Å². The van der Waals surface area contributed by atoms with Gasteiger partial charge in [-0.05, 0) is 19.8 Å². The summed E-state index contributed by atoms with van der Waals surface area (Å²) in [5.74, 6) is -1.54. The Morgan fingerprint density at radius 3 is 2.71 bits per heavy atom. The number of carboxylic acid groups (broad SMARTS) is 1. The average molecular weight is 244 g/mol. The van der Waals surface area contributed by atoms with Crippen molar-refractivity contribution < 1.29 is 19.8 Å². The Morgan fingerprint density at radius 2 is 2.18 bits per heavy atom. The highest BCUT2D eigenvalue weighted by atomic mass is 16.4. The van der Waals surface area contributed by atoms with E-state index in [1.54, 1.807) is 6.92 Å². The Balaban J connectivity index is 2.40. The van der Waals surface area contributed by atoms with E-state index >= 15 is 0 Å². The number of nitrogens with zero attached hydrogens (tertiary/aromatic N) is 1. The topological polar surface area (TPSA) is 89.9 Å². The van der Waals surface area contributed by atoms with Gasteiger partial charge in [0.2, 0.25) is 0 Å². The molecule has 0 radical (unpaired) electrons. The maximum absolute atomic E-state index is 11.7. The number of rotatable bonds is 3. The van der Waals surface area contributed by atoms with Crippen molar-refractivity contribution in [2.75, 3.05) is 19.6 Å². The fourth-order valence-electron chi connectivity index (χ4n) is 1.83. The van der Waals surface area contributed by atoms with E-state index in [2.05, 4.69) is 5.32 Å². The van der Waals surface area contributed by atoms with Crippen molar-refractivity contribution in [2.24, 2.45) is 5.92 Å². The first kappa shape index (κ1) is 13.8. The highest BCUT2D eigenvalue weighted by Crippen LogP contribution is 2.19. The van der Waals surface area contributed by atoms with Gasteiger partial charge in [0.25, 0.3) is 0 Å². The molecule has 0 aromatic heterocycles. The monoisotopic (exact) mass is 244 g/mol. The molecule has 98 valence electrons. The summed E-state index contributed by atoms with van der Waals surface area (Å²) < 4.78 is 0. The molecule has 0 aliphatic carbocycles. The van der Waals surface area contributed by atoms with Gasteiger partial charge >= 0.3 is 12.0 Å². The number of carbonyl (C=O) groups excluding carboxylic acids is 1. The predicted octanol–water partition coefficient (Wildman–Crippen LogP) is 0.263. The first-order valence-corrected chi connectivity index (χ1v) is 5.80. The number of β-amino-alcohol motifs (C(OH)–C–C–N with tert-alkyl or cyclic N) is 1. The van der Waals surface area contributed by atoms with Gasteiger partial charge in [-0.3, -0.25) is 4.79 Å². The number of piperidine rings is 1. The number of carboxylic acids is 1. The first-order valence-electron chi connectivity index (χ1n) is 5.80. The van der Waals surface area contributed by atoms with Crippen LogP contribution in [0.2, 0.25) is 0 Å². The van der Waals surface area contributed by atoms with Gasteiger partial charge in [0.05, 0.1) is 18.1 Å². The highest BCUT2D eigenvalue weighted by molar-refractivity contribution is 5.76. The molecule has 6 heteroatoms. The van der Waals surface area contributed by atoms with E-state index in [1.807, 2.05) is 0 Å². The number of hydrogen-bond acceptors (Lipinski definition) is 3. The molecule has 1 heterocycles. The van der Waals surface area contributed by atoms with Crippen LogP contribution in [0.5, 0.6) is 0 Å². The van der Waals surface area contributed by atoms with Crippen molar-refractivity contribution >= 4 is 12.0 Å². The maximum Gasteiger partial charge on any atom is 0.317 e. The zero-order valence-electron chi connectivity index (χ0n) is 10.3. The molecule has 0 aromatic carbocycles. The van der Waals surface area contributed by atoms with Crippen molar-refractivity contribution in [3.8, 4) is 0 Å². The minimum atomic E-state index is -0.934. The summed E-state index contributed by atoms with van der Waals surface area (Å²) in [7, 11) is 0. The number of likely N-dealkylation sites (tertiary alicyclic amines) is 1. The molecule has 1 rings (SSSR count). The molecule has 3 N–H and O–H groups in total. The number of urea groups is 1. The zero-order valence-corrected chi connectivity index (χ0v) is 10.3. The van der Waals surface area contributed by atoms with E-state index in [0.717, 1.165) is 6.42 Å². The van der Waals surface area contributed by atoms with Crippen LogP contribution in [0.3, 0.4) is 0 Å². The second kappa shape index (κ2) is 5.35. The van der Waals surface area contributed by atoms with E-state index in [1.165, 1.54) is 11.8 Å². The van der Waals surface area contributed by atoms with Crippen LogP contribution in [-0.4, -0.2) is 52.3 Å². The standard InChI is InChI=1S/C11H20N2O4/c1-8(9(14)15)6-12-10(16)13-5-3-4-11(2,17)7-13/h8,17H,3-7H2,1-2H3,(H,12,16)(H,14,15). The van der Waals surface area contributed by atoms with Crippen LogP contribution < -0.4 is 5.32 Å². The number of aliphatic hydroxyl groups is 1. The Morgan fingerprint density at radius 1 is 1.53 bits per heavy atom. The summed E-state index contributed by atoms with van der Waals surface area (Å²) >= 11 is 0. The van der Waals surface area contributed by atoms with Crippen LogP contribution in [-0.2, 0) is 4.79 Å². The predicted molar refractivity (Wildman–Crippen MR) is 61.6 cm³/mol. The largest absolute Gasteiger partial charge is 0.481 e. The van der Waals surface area contributed by atoms with E-state index in [-0.39, 0.29) is 12.6 Å². The second-order valence-corrected chi connectivity index (χ2v) is 4.95. The Kier molecular flexibility index (Phi) is 4.34. The molecule has 0 saturated carbocycles. The van der Waals surface area contributed by atoms with Gasteiger partial charge in [0.1, 0.15) is 0 Å². The number of amides is 2. The van der Waals surface area contributed by atoms with Crippen molar-refractivity contribution in [1.29, 1.82) is 0 Å². The summed E-state index contributed by atoms with van der Waals surface area (Å²) in [6.45, 7) is 4.23. The molecule has 1 aliphatic rings. The third kappa shape index (κ3) is 4.22. The minimum Gasteiger partial charge on any atom is -0.481 e. The minimum absolute atomic E-state index is 0.104. The summed E-state index contributed by atoms with van der Waals surface area (Å²) in [5.41, 5.74) is -0.839. The SMILES string of the molecule is CC(CNC(=O)N1CCCC(C)(O)C1)C(=O)O. The lowest BCUT2D eigenvalue weighted by molar-refractivity contribution is -0.140. The van der Waals surface area contributed by atoms with Crippen molar-refractivity contribution in [1.82, 2.24) is 10.2 Å². The summed E-state index contributed by atoms with van der Waals surface area (Å²) in [5, 5.41) is 21.1. The van der Waals surface area contributed by atoms with Gasteiger partial charge < -0.3 is 20.4 Å². The molecule has 0 bridgehead atoms. The average Bonchev–Trinajstić information content (AvgIpc) is 2.23. The third-order valence-corrected chi connectivity index (χ3v) is 2.94.